The Hall–Kier alpha value is -2.43. The van der Waals surface area contributed by atoms with Crippen LogP contribution >= 0.6 is 0 Å². The van der Waals surface area contributed by atoms with E-state index in [1.54, 1.807) is 17.3 Å². The number of hydrogen-bond acceptors (Lipinski definition) is 4. The van der Waals surface area contributed by atoms with E-state index in [1.807, 2.05) is 37.3 Å². The average molecular weight is 282 g/mol. The van der Waals surface area contributed by atoms with Gasteiger partial charge in [-0.3, -0.25) is 4.79 Å². The summed E-state index contributed by atoms with van der Waals surface area (Å²) in [6, 6.07) is 10.1. The van der Waals surface area contributed by atoms with E-state index in [4.69, 9.17) is 0 Å². The molecular formula is C16H18N4O. The Morgan fingerprint density at radius 3 is 2.48 bits per heavy atom. The zero-order chi connectivity index (χ0) is 14.7. The first-order chi connectivity index (χ1) is 10.3. The Balaban J connectivity index is 1.76. The first-order valence-corrected chi connectivity index (χ1v) is 7.23. The lowest BCUT2D eigenvalue weighted by atomic mass is 10.2. The molecule has 3 rings (SSSR count). The fourth-order valence-electron chi connectivity index (χ4n) is 2.13. The van der Waals surface area contributed by atoms with E-state index in [9.17, 15) is 4.79 Å². The summed E-state index contributed by atoms with van der Waals surface area (Å²) in [5.41, 5.74) is 1.38. The maximum Gasteiger partial charge on any atom is 0.261 e. The number of carbonyl (C=O) groups is 1. The smallest absolute Gasteiger partial charge is 0.261 e. The van der Waals surface area contributed by atoms with E-state index in [1.165, 1.54) is 12.8 Å². The van der Waals surface area contributed by atoms with Gasteiger partial charge in [-0.1, -0.05) is 18.2 Å². The largest absolute Gasteiger partial charge is 0.351 e. The van der Waals surface area contributed by atoms with Crippen molar-refractivity contribution in [3.63, 3.8) is 0 Å². The normalized spacial score (nSPS) is 13.8. The minimum Gasteiger partial charge on any atom is -0.351 e. The molecule has 5 nitrogen and oxygen atoms in total. The molecule has 0 radical (unpaired) electrons. The summed E-state index contributed by atoms with van der Waals surface area (Å²) in [6.45, 7) is 2.56. The van der Waals surface area contributed by atoms with Gasteiger partial charge in [-0.25, -0.2) is 9.97 Å². The van der Waals surface area contributed by atoms with Crippen LogP contribution in [0, 0.1) is 0 Å². The first-order valence-electron chi connectivity index (χ1n) is 7.23. The molecule has 1 amide bonds. The Morgan fingerprint density at radius 2 is 1.90 bits per heavy atom. The minimum absolute atomic E-state index is 0.0818. The van der Waals surface area contributed by atoms with Gasteiger partial charge in [0.1, 0.15) is 0 Å². The standard InChI is InChI=1S/C16H18N4O/c1-2-20(14-6-4-3-5-7-14)15(21)12-10-17-16(18-11-12)19-13-8-9-13/h3-7,10-11,13H,2,8-9H2,1H3,(H,17,18,19). The highest BCUT2D eigenvalue weighted by atomic mass is 16.2. The highest BCUT2D eigenvalue weighted by molar-refractivity contribution is 6.05. The molecule has 0 unspecified atom stereocenters. The summed E-state index contributed by atoms with van der Waals surface area (Å²) in [5.74, 6) is 0.512. The molecule has 1 aliphatic carbocycles. The number of para-hydroxylation sites is 1. The third-order valence-corrected chi connectivity index (χ3v) is 3.44. The van der Waals surface area contributed by atoms with Crippen molar-refractivity contribution in [1.82, 2.24) is 9.97 Å². The van der Waals surface area contributed by atoms with Crippen molar-refractivity contribution in [3.05, 3.63) is 48.3 Å². The molecule has 0 saturated heterocycles. The quantitative estimate of drug-likeness (QED) is 0.916. The lowest BCUT2D eigenvalue weighted by molar-refractivity contribution is 0.0987. The van der Waals surface area contributed by atoms with Crippen molar-refractivity contribution in [2.45, 2.75) is 25.8 Å². The Kier molecular flexibility index (Phi) is 3.81. The van der Waals surface area contributed by atoms with Gasteiger partial charge in [0.2, 0.25) is 5.95 Å². The van der Waals surface area contributed by atoms with Crippen molar-refractivity contribution in [1.29, 1.82) is 0 Å². The van der Waals surface area contributed by atoms with Gasteiger partial charge in [0.25, 0.3) is 5.91 Å². The summed E-state index contributed by atoms with van der Waals surface area (Å²) in [7, 11) is 0. The van der Waals surface area contributed by atoms with E-state index in [-0.39, 0.29) is 5.91 Å². The van der Waals surface area contributed by atoms with Crippen LogP contribution in [0.1, 0.15) is 30.1 Å². The van der Waals surface area contributed by atoms with Gasteiger partial charge in [0, 0.05) is 30.7 Å². The molecule has 1 fully saturated rings. The highest BCUT2D eigenvalue weighted by Crippen LogP contribution is 2.22. The van der Waals surface area contributed by atoms with Crippen LogP contribution in [0.4, 0.5) is 11.6 Å². The molecule has 1 saturated carbocycles. The van der Waals surface area contributed by atoms with Crippen LogP contribution in [0.2, 0.25) is 0 Å². The van der Waals surface area contributed by atoms with Crippen molar-refractivity contribution in [3.8, 4) is 0 Å². The molecule has 2 aromatic rings. The van der Waals surface area contributed by atoms with Crippen LogP contribution in [-0.2, 0) is 0 Å². The second-order valence-electron chi connectivity index (χ2n) is 5.10. The lowest BCUT2D eigenvalue weighted by Gasteiger charge is -2.20. The molecule has 1 N–H and O–H groups in total. The van der Waals surface area contributed by atoms with Crippen molar-refractivity contribution in [2.24, 2.45) is 0 Å². The van der Waals surface area contributed by atoms with Crippen molar-refractivity contribution >= 4 is 17.5 Å². The van der Waals surface area contributed by atoms with Gasteiger partial charge in [-0.2, -0.15) is 0 Å². The van der Waals surface area contributed by atoms with Gasteiger partial charge in [0.15, 0.2) is 0 Å². The number of rotatable bonds is 5. The Labute approximate surface area is 124 Å². The van der Waals surface area contributed by atoms with E-state index >= 15 is 0 Å². The zero-order valence-electron chi connectivity index (χ0n) is 12.0. The van der Waals surface area contributed by atoms with Crippen molar-refractivity contribution < 1.29 is 4.79 Å². The molecule has 1 aromatic carbocycles. The molecule has 1 aliphatic rings. The summed E-state index contributed by atoms with van der Waals surface area (Å²) in [5, 5.41) is 3.21. The van der Waals surface area contributed by atoms with E-state index in [0.717, 1.165) is 5.69 Å². The van der Waals surface area contributed by atoms with Crippen LogP contribution in [0.5, 0.6) is 0 Å². The van der Waals surface area contributed by atoms with Gasteiger partial charge >= 0.3 is 0 Å². The number of amides is 1. The summed E-state index contributed by atoms with van der Waals surface area (Å²) in [4.78, 5) is 22.7. The van der Waals surface area contributed by atoms with E-state index in [0.29, 0.717) is 24.1 Å². The summed E-state index contributed by atoms with van der Waals surface area (Å²) in [6.07, 6.45) is 5.51. The topological polar surface area (TPSA) is 58.1 Å². The number of nitrogens with zero attached hydrogens (tertiary/aromatic N) is 3. The van der Waals surface area contributed by atoms with Crippen molar-refractivity contribution in [2.75, 3.05) is 16.8 Å². The fraction of sp³-hybridized carbons (Fsp3) is 0.312. The second-order valence-corrected chi connectivity index (χ2v) is 5.10. The SMILES string of the molecule is CCN(C(=O)c1cnc(NC2CC2)nc1)c1ccccc1. The zero-order valence-corrected chi connectivity index (χ0v) is 12.0. The highest BCUT2D eigenvalue weighted by Gasteiger charge is 2.22. The number of hydrogen-bond donors (Lipinski definition) is 1. The molecule has 0 atom stereocenters. The monoisotopic (exact) mass is 282 g/mol. The third-order valence-electron chi connectivity index (χ3n) is 3.44. The summed E-state index contributed by atoms with van der Waals surface area (Å²) < 4.78 is 0. The predicted molar refractivity (Wildman–Crippen MR) is 82.5 cm³/mol. The molecule has 108 valence electrons. The maximum atomic E-state index is 12.5. The lowest BCUT2D eigenvalue weighted by Crippen LogP contribution is -2.30. The van der Waals surface area contributed by atoms with Crippen LogP contribution in [-0.4, -0.2) is 28.5 Å². The van der Waals surface area contributed by atoms with Gasteiger partial charge < -0.3 is 10.2 Å². The third kappa shape index (κ3) is 3.18. The Morgan fingerprint density at radius 1 is 1.24 bits per heavy atom. The number of benzene rings is 1. The maximum absolute atomic E-state index is 12.5. The number of nitrogens with one attached hydrogen (secondary N) is 1. The molecule has 0 aliphatic heterocycles. The number of carbonyl (C=O) groups excluding carboxylic acids is 1. The Bertz CT molecular complexity index is 608. The molecule has 0 bridgehead atoms. The van der Waals surface area contributed by atoms with Crippen LogP contribution in [0.25, 0.3) is 0 Å². The predicted octanol–water partition coefficient (Wildman–Crippen LogP) is 2.72. The molecule has 1 heterocycles. The molecular weight excluding hydrogens is 264 g/mol. The molecule has 5 heteroatoms. The van der Waals surface area contributed by atoms with E-state index < -0.39 is 0 Å². The molecule has 0 spiro atoms. The van der Waals surface area contributed by atoms with Gasteiger partial charge in [-0.15, -0.1) is 0 Å². The second kappa shape index (κ2) is 5.91. The fourth-order valence-corrected chi connectivity index (χ4v) is 2.13. The van der Waals surface area contributed by atoms with Crippen LogP contribution < -0.4 is 10.2 Å². The minimum atomic E-state index is -0.0818. The first kappa shape index (κ1) is 13.5. The molecule has 1 aromatic heterocycles. The summed E-state index contributed by atoms with van der Waals surface area (Å²) >= 11 is 0. The van der Waals surface area contributed by atoms with Gasteiger partial charge in [-0.05, 0) is 31.9 Å². The van der Waals surface area contributed by atoms with Crippen LogP contribution in [0.15, 0.2) is 42.7 Å². The van der Waals surface area contributed by atoms with E-state index in [2.05, 4.69) is 15.3 Å². The van der Waals surface area contributed by atoms with Gasteiger partial charge in [0.05, 0.1) is 5.56 Å². The number of anilines is 2. The number of aromatic nitrogens is 2. The average Bonchev–Trinajstić information content (AvgIpc) is 3.34. The van der Waals surface area contributed by atoms with Crippen LogP contribution in [0.3, 0.4) is 0 Å². The molecule has 21 heavy (non-hydrogen) atoms.